The first-order chi connectivity index (χ1) is 12.5. The quantitative estimate of drug-likeness (QED) is 0.741. The van der Waals surface area contributed by atoms with Crippen LogP contribution >= 0.6 is 0 Å². The lowest BCUT2D eigenvalue weighted by atomic mass is 9.87. The number of nitriles is 1. The van der Waals surface area contributed by atoms with Crippen LogP contribution in [-0.4, -0.2) is 12.1 Å². The van der Waals surface area contributed by atoms with Crippen LogP contribution in [0.25, 0.3) is 22.3 Å². The number of benzene rings is 2. The van der Waals surface area contributed by atoms with Crippen molar-refractivity contribution in [1.29, 1.82) is 5.26 Å². The second kappa shape index (κ2) is 6.89. The van der Waals surface area contributed by atoms with Crippen LogP contribution in [0, 0.1) is 32.1 Å². The van der Waals surface area contributed by atoms with Crippen molar-refractivity contribution in [2.45, 2.75) is 20.8 Å². The maximum atomic E-state index is 9.76. The summed E-state index contributed by atoms with van der Waals surface area (Å²) in [4.78, 5) is 4.42. The van der Waals surface area contributed by atoms with Gasteiger partial charge in [0.05, 0.1) is 7.11 Å². The number of hydrogen-bond donors (Lipinski definition) is 1. The van der Waals surface area contributed by atoms with E-state index in [4.69, 9.17) is 10.5 Å². The van der Waals surface area contributed by atoms with Gasteiger partial charge in [0, 0.05) is 16.8 Å². The van der Waals surface area contributed by atoms with Crippen LogP contribution < -0.4 is 10.5 Å². The maximum Gasteiger partial charge on any atom is 0.142 e. The molecule has 1 aromatic heterocycles. The molecule has 0 spiro atoms. The molecular weight excluding hydrogens is 322 g/mol. The topological polar surface area (TPSA) is 71.9 Å². The van der Waals surface area contributed by atoms with Gasteiger partial charge in [0.25, 0.3) is 0 Å². The molecule has 0 aliphatic carbocycles. The monoisotopic (exact) mass is 343 g/mol. The third kappa shape index (κ3) is 3.00. The minimum absolute atomic E-state index is 0.261. The summed E-state index contributed by atoms with van der Waals surface area (Å²) in [7, 11) is 1.64. The van der Waals surface area contributed by atoms with Gasteiger partial charge in [-0.3, -0.25) is 0 Å². The molecule has 26 heavy (non-hydrogen) atoms. The van der Waals surface area contributed by atoms with Gasteiger partial charge in [-0.05, 0) is 49.6 Å². The van der Waals surface area contributed by atoms with E-state index in [1.807, 2.05) is 50.2 Å². The number of ether oxygens (including phenoxy) is 1. The summed E-state index contributed by atoms with van der Waals surface area (Å²) < 4.78 is 5.26. The van der Waals surface area contributed by atoms with E-state index in [0.717, 1.165) is 39.3 Å². The molecule has 0 bridgehead atoms. The van der Waals surface area contributed by atoms with Gasteiger partial charge < -0.3 is 10.5 Å². The summed E-state index contributed by atoms with van der Waals surface area (Å²) in [6.45, 7) is 6.02. The number of anilines is 1. The maximum absolute atomic E-state index is 9.76. The first-order valence-corrected chi connectivity index (χ1v) is 8.38. The highest BCUT2D eigenvalue weighted by atomic mass is 16.5. The van der Waals surface area contributed by atoms with Crippen molar-refractivity contribution in [2.75, 3.05) is 12.8 Å². The molecule has 0 radical (unpaired) electrons. The van der Waals surface area contributed by atoms with E-state index in [9.17, 15) is 5.26 Å². The number of aromatic nitrogens is 1. The Bertz CT molecular complexity index is 1020. The molecule has 0 aliphatic heterocycles. The van der Waals surface area contributed by atoms with Gasteiger partial charge in [-0.25, -0.2) is 4.98 Å². The summed E-state index contributed by atoms with van der Waals surface area (Å²) in [6.07, 6.45) is 0. The van der Waals surface area contributed by atoms with Gasteiger partial charge in [-0.15, -0.1) is 0 Å². The zero-order valence-electron chi connectivity index (χ0n) is 15.4. The molecule has 0 atom stereocenters. The Morgan fingerprint density at radius 1 is 1.00 bits per heavy atom. The smallest absolute Gasteiger partial charge is 0.142 e. The molecule has 4 nitrogen and oxygen atoms in total. The number of nitrogens with two attached hydrogens (primary N) is 1. The highest BCUT2D eigenvalue weighted by Gasteiger charge is 2.20. The summed E-state index contributed by atoms with van der Waals surface area (Å²) in [5.74, 6) is 1.04. The van der Waals surface area contributed by atoms with E-state index in [0.29, 0.717) is 5.56 Å². The third-order valence-corrected chi connectivity index (χ3v) is 4.55. The van der Waals surface area contributed by atoms with Crippen LogP contribution in [0.4, 0.5) is 5.82 Å². The van der Waals surface area contributed by atoms with E-state index >= 15 is 0 Å². The Kier molecular flexibility index (Phi) is 4.64. The van der Waals surface area contributed by atoms with Crippen LogP contribution in [0.15, 0.2) is 42.5 Å². The first kappa shape index (κ1) is 17.5. The van der Waals surface area contributed by atoms with Crippen molar-refractivity contribution in [2.24, 2.45) is 0 Å². The molecule has 2 N–H and O–H groups in total. The zero-order chi connectivity index (χ0) is 18.8. The number of pyridine rings is 1. The van der Waals surface area contributed by atoms with Crippen LogP contribution in [0.2, 0.25) is 0 Å². The summed E-state index contributed by atoms with van der Waals surface area (Å²) in [5, 5.41) is 9.76. The minimum atomic E-state index is 0.261. The van der Waals surface area contributed by atoms with Gasteiger partial charge >= 0.3 is 0 Å². The largest absolute Gasteiger partial charge is 0.497 e. The summed E-state index contributed by atoms with van der Waals surface area (Å²) in [5.41, 5.74) is 13.3. The summed E-state index contributed by atoms with van der Waals surface area (Å²) in [6, 6.07) is 16.2. The molecule has 0 unspecified atom stereocenters. The highest BCUT2D eigenvalue weighted by molar-refractivity contribution is 5.92. The fraction of sp³-hybridized carbons (Fsp3) is 0.182. The molecular formula is C22H21N3O. The lowest BCUT2D eigenvalue weighted by molar-refractivity contribution is 0.415. The highest BCUT2D eigenvalue weighted by Crippen LogP contribution is 2.40. The Morgan fingerprint density at radius 2 is 1.69 bits per heavy atom. The van der Waals surface area contributed by atoms with Crippen LogP contribution in [0.1, 0.15) is 22.4 Å². The van der Waals surface area contributed by atoms with Crippen molar-refractivity contribution in [3.05, 3.63) is 64.8 Å². The molecule has 0 saturated heterocycles. The SMILES string of the molecule is COc1ccc(-c2c(C)nc(N)c(C#N)c2-c2ccc(C)cc2C)cc1. The van der Waals surface area contributed by atoms with Crippen molar-refractivity contribution in [1.82, 2.24) is 4.98 Å². The Morgan fingerprint density at radius 3 is 2.27 bits per heavy atom. The summed E-state index contributed by atoms with van der Waals surface area (Å²) >= 11 is 0. The average molecular weight is 343 g/mol. The van der Waals surface area contributed by atoms with E-state index in [-0.39, 0.29) is 5.82 Å². The molecule has 2 aromatic carbocycles. The van der Waals surface area contributed by atoms with Gasteiger partial charge in [0.15, 0.2) is 0 Å². The fourth-order valence-electron chi connectivity index (χ4n) is 3.31. The van der Waals surface area contributed by atoms with Gasteiger partial charge in [-0.1, -0.05) is 35.9 Å². The molecule has 4 heteroatoms. The van der Waals surface area contributed by atoms with Crippen molar-refractivity contribution >= 4 is 5.82 Å². The molecule has 130 valence electrons. The van der Waals surface area contributed by atoms with Crippen LogP contribution in [-0.2, 0) is 0 Å². The van der Waals surface area contributed by atoms with E-state index < -0.39 is 0 Å². The number of aryl methyl sites for hydroxylation is 3. The number of hydrogen-bond acceptors (Lipinski definition) is 4. The van der Waals surface area contributed by atoms with Gasteiger partial charge in [0.2, 0.25) is 0 Å². The van der Waals surface area contributed by atoms with Crippen molar-refractivity contribution in [3.8, 4) is 34.1 Å². The molecule has 1 heterocycles. The molecule has 0 aliphatic rings. The molecule has 3 aromatic rings. The third-order valence-electron chi connectivity index (χ3n) is 4.55. The normalized spacial score (nSPS) is 10.4. The van der Waals surface area contributed by atoms with E-state index in [2.05, 4.69) is 24.0 Å². The van der Waals surface area contributed by atoms with E-state index in [1.165, 1.54) is 5.56 Å². The molecule has 0 saturated carbocycles. The van der Waals surface area contributed by atoms with Crippen molar-refractivity contribution in [3.63, 3.8) is 0 Å². The standard InChI is InChI=1S/C22H21N3O/c1-13-5-10-18(14(2)11-13)21-19(12-23)22(24)25-15(3)20(21)16-6-8-17(26-4)9-7-16/h5-11H,1-4H3,(H2,24,25). The van der Waals surface area contributed by atoms with Crippen LogP contribution in [0.3, 0.4) is 0 Å². The second-order valence-electron chi connectivity index (χ2n) is 6.37. The predicted molar refractivity (Wildman–Crippen MR) is 105 cm³/mol. The minimum Gasteiger partial charge on any atom is -0.497 e. The second-order valence-corrected chi connectivity index (χ2v) is 6.37. The number of rotatable bonds is 3. The number of methoxy groups -OCH3 is 1. The first-order valence-electron chi connectivity index (χ1n) is 8.38. The fourth-order valence-corrected chi connectivity index (χ4v) is 3.31. The Balaban J connectivity index is 2.38. The lowest BCUT2D eigenvalue weighted by Gasteiger charge is -2.18. The van der Waals surface area contributed by atoms with Crippen molar-refractivity contribution < 1.29 is 4.74 Å². The Hall–Kier alpha value is -3.32. The molecule has 0 amide bonds. The van der Waals surface area contributed by atoms with Crippen LogP contribution in [0.5, 0.6) is 5.75 Å². The number of nitrogens with zero attached hydrogens (tertiary/aromatic N) is 2. The molecule has 3 rings (SSSR count). The van der Waals surface area contributed by atoms with E-state index in [1.54, 1.807) is 7.11 Å². The number of nitrogen functional groups attached to an aromatic ring is 1. The predicted octanol–water partition coefficient (Wildman–Crippen LogP) is 4.80. The van der Waals surface area contributed by atoms with Gasteiger partial charge in [-0.2, -0.15) is 5.26 Å². The van der Waals surface area contributed by atoms with Gasteiger partial charge in [0.1, 0.15) is 23.2 Å². The Labute approximate surface area is 153 Å². The average Bonchev–Trinajstić information content (AvgIpc) is 2.61. The molecule has 0 fully saturated rings. The zero-order valence-corrected chi connectivity index (χ0v) is 15.4. The lowest BCUT2D eigenvalue weighted by Crippen LogP contribution is -2.04.